The zero-order valence-corrected chi connectivity index (χ0v) is 14.2. The Bertz CT molecular complexity index is 1020. The molecule has 2 N–H and O–H groups in total. The number of nitrogens with one attached hydrogen (secondary N) is 2. The Balaban J connectivity index is 2.06. The number of imide groups is 1. The van der Waals surface area contributed by atoms with Gasteiger partial charge in [0.1, 0.15) is 5.75 Å². The molecule has 0 saturated carbocycles. The van der Waals surface area contributed by atoms with E-state index < -0.39 is 11.9 Å². The normalized spacial score (nSPS) is 13.1. The SMILES string of the molecule is COc1ccc(-c2[nH+]c3ccc(Br)cc3[n+]3c2C(=O)NC3=O)cc1. The number of amides is 2. The number of H-pyrrole nitrogens is 1. The van der Waals surface area contributed by atoms with Crippen LogP contribution in [0.5, 0.6) is 5.75 Å². The number of rotatable bonds is 2. The van der Waals surface area contributed by atoms with Crippen molar-refractivity contribution in [2.75, 3.05) is 7.11 Å². The van der Waals surface area contributed by atoms with Gasteiger partial charge in [-0.3, -0.25) is 0 Å². The molecule has 0 radical (unpaired) electrons. The minimum atomic E-state index is -0.457. The van der Waals surface area contributed by atoms with Gasteiger partial charge in [-0.1, -0.05) is 15.9 Å². The maximum absolute atomic E-state index is 12.3. The lowest BCUT2D eigenvalue weighted by Gasteiger charge is -2.03. The van der Waals surface area contributed by atoms with Crippen LogP contribution in [-0.4, -0.2) is 19.0 Å². The van der Waals surface area contributed by atoms with Gasteiger partial charge in [0.15, 0.2) is 0 Å². The summed E-state index contributed by atoms with van der Waals surface area (Å²) in [6, 6.07) is 12.4. The Labute approximate surface area is 145 Å². The molecule has 0 fully saturated rings. The van der Waals surface area contributed by atoms with Gasteiger partial charge in [-0.05, 0) is 30.3 Å². The van der Waals surface area contributed by atoms with Crippen LogP contribution in [0, 0.1) is 0 Å². The van der Waals surface area contributed by atoms with Gasteiger partial charge in [-0.2, -0.15) is 15.1 Å². The zero-order valence-electron chi connectivity index (χ0n) is 12.6. The molecule has 1 aliphatic rings. The predicted octanol–water partition coefficient (Wildman–Crippen LogP) is 2.09. The number of hydrogen-bond acceptors (Lipinski definition) is 3. The quantitative estimate of drug-likeness (QED) is 0.686. The van der Waals surface area contributed by atoms with E-state index in [1.54, 1.807) is 25.3 Å². The number of aromatic amines is 1. The molecule has 0 atom stereocenters. The lowest BCUT2D eigenvalue weighted by Crippen LogP contribution is -2.46. The molecule has 2 aromatic carbocycles. The average molecular weight is 386 g/mol. The van der Waals surface area contributed by atoms with Crippen molar-refractivity contribution < 1.29 is 23.9 Å². The molecular weight excluding hydrogens is 374 g/mol. The lowest BCUT2D eigenvalue weighted by atomic mass is 10.1. The van der Waals surface area contributed by atoms with E-state index in [4.69, 9.17) is 4.74 Å². The monoisotopic (exact) mass is 385 g/mol. The number of nitrogens with zero attached hydrogens (tertiary/aromatic N) is 1. The van der Waals surface area contributed by atoms with Gasteiger partial charge in [0.2, 0.25) is 5.52 Å². The molecule has 24 heavy (non-hydrogen) atoms. The van der Waals surface area contributed by atoms with Crippen LogP contribution in [0.3, 0.4) is 0 Å². The van der Waals surface area contributed by atoms with Crippen LogP contribution in [0.4, 0.5) is 4.79 Å². The smallest absolute Gasteiger partial charge is 0.497 e. The topological polar surface area (TPSA) is 73.4 Å². The Morgan fingerprint density at radius 3 is 2.58 bits per heavy atom. The van der Waals surface area contributed by atoms with Gasteiger partial charge in [0.25, 0.3) is 16.9 Å². The first-order chi connectivity index (χ1) is 11.6. The zero-order chi connectivity index (χ0) is 16.8. The minimum Gasteiger partial charge on any atom is -0.497 e. The van der Waals surface area contributed by atoms with Crippen LogP contribution in [0.2, 0.25) is 0 Å². The highest BCUT2D eigenvalue weighted by Gasteiger charge is 2.44. The van der Waals surface area contributed by atoms with E-state index in [-0.39, 0.29) is 5.69 Å². The Morgan fingerprint density at radius 1 is 1.12 bits per heavy atom. The standard InChI is InChI=1S/C17H10BrN3O3/c1-24-11-5-2-9(3-6-11)14-15-16(22)20-17(23)21(15)13-8-10(18)4-7-12(13)19-14/h2-8H,1H3/p+2. The molecule has 1 aliphatic heterocycles. The highest BCUT2D eigenvalue weighted by Crippen LogP contribution is 2.24. The van der Waals surface area contributed by atoms with E-state index in [9.17, 15) is 9.59 Å². The summed E-state index contributed by atoms with van der Waals surface area (Å²) in [7, 11) is 1.59. The van der Waals surface area contributed by atoms with E-state index in [0.717, 1.165) is 15.6 Å². The van der Waals surface area contributed by atoms with E-state index in [2.05, 4.69) is 26.2 Å². The van der Waals surface area contributed by atoms with Crippen LogP contribution in [0.15, 0.2) is 46.9 Å². The van der Waals surface area contributed by atoms with Crippen molar-refractivity contribution >= 4 is 38.9 Å². The number of hydrogen-bond donors (Lipinski definition) is 1. The fraction of sp³-hybridized carbons (Fsp3) is 0.0588. The third kappa shape index (κ3) is 2.16. The third-order valence-electron chi connectivity index (χ3n) is 3.94. The van der Waals surface area contributed by atoms with Gasteiger partial charge in [0, 0.05) is 16.6 Å². The van der Waals surface area contributed by atoms with Gasteiger partial charge >= 0.3 is 11.9 Å². The Morgan fingerprint density at radius 2 is 1.88 bits per heavy atom. The van der Waals surface area contributed by atoms with Crippen LogP contribution < -0.4 is 19.6 Å². The summed E-state index contributed by atoms with van der Waals surface area (Å²) in [6.45, 7) is 0. The molecule has 118 valence electrons. The summed E-state index contributed by atoms with van der Waals surface area (Å²) in [5.41, 5.74) is 3.03. The van der Waals surface area contributed by atoms with E-state index >= 15 is 0 Å². The van der Waals surface area contributed by atoms with Crippen LogP contribution in [0.1, 0.15) is 10.5 Å². The molecule has 3 aromatic rings. The molecular formula is C17H12BrN3O3+2. The number of fused-ring (bicyclic) bond motifs is 3. The highest BCUT2D eigenvalue weighted by molar-refractivity contribution is 9.10. The largest absolute Gasteiger partial charge is 0.505 e. The van der Waals surface area contributed by atoms with Gasteiger partial charge in [-0.25, -0.2) is 4.79 Å². The molecule has 1 aromatic heterocycles. The Hall–Kier alpha value is -2.80. The number of halogens is 1. The molecule has 2 amide bonds. The number of carbonyl (C=O) groups is 2. The molecule has 0 saturated heterocycles. The fourth-order valence-electron chi connectivity index (χ4n) is 2.83. The lowest BCUT2D eigenvalue weighted by molar-refractivity contribution is -0.550. The molecule has 0 spiro atoms. The summed E-state index contributed by atoms with van der Waals surface area (Å²) >= 11 is 3.40. The number of ether oxygens (including phenoxy) is 1. The van der Waals surface area contributed by atoms with Crippen LogP contribution in [0.25, 0.3) is 22.3 Å². The van der Waals surface area contributed by atoms with Crippen molar-refractivity contribution in [1.29, 1.82) is 0 Å². The molecule has 7 heteroatoms. The molecule has 0 unspecified atom stereocenters. The maximum atomic E-state index is 12.3. The number of methoxy groups -OCH3 is 1. The molecule has 0 aliphatic carbocycles. The number of aromatic nitrogens is 2. The van der Waals surface area contributed by atoms with Gasteiger partial charge < -0.3 is 4.74 Å². The van der Waals surface area contributed by atoms with Crippen molar-refractivity contribution in [2.24, 2.45) is 0 Å². The van der Waals surface area contributed by atoms with E-state index in [1.807, 2.05) is 24.3 Å². The van der Waals surface area contributed by atoms with Crippen molar-refractivity contribution in [1.82, 2.24) is 5.32 Å². The second kappa shape index (κ2) is 5.38. The first kappa shape index (κ1) is 14.8. The van der Waals surface area contributed by atoms with E-state index in [0.29, 0.717) is 17.0 Å². The predicted molar refractivity (Wildman–Crippen MR) is 88.6 cm³/mol. The number of benzene rings is 2. The second-order valence-corrected chi connectivity index (χ2v) is 6.25. The van der Waals surface area contributed by atoms with Crippen molar-refractivity contribution in [3.05, 3.63) is 52.6 Å². The highest BCUT2D eigenvalue weighted by atomic mass is 79.9. The minimum absolute atomic E-state index is 0.288. The van der Waals surface area contributed by atoms with Gasteiger partial charge in [0.05, 0.1) is 12.7 Å². The summed E-state index contributed by atoms with van der Waals surface area (Å²) in [5, 5.41) is 2.35. The summed E-state index contributed by atoms with van der Waals surface area (Å²) < 4.78 is 7.39. The summed E-state index contributed by atoms with van der Waals surface area (Å²) in [4.78, 5) is 27.8. The fourth-order valence-corrected chi connectivity index (χ4v) is 3.18. The molecule has 6 nitrogen and oxygen atoms in total. The maximum Gasteiger partial charge on any atom is 0.505 e. The van der Waals surface area contributed by atoms with Crippen LogP contribution >= 0.6 is 15.9 Å². The van der Waals surface area contributed by atoms with E-state index in [1.165, 1.54) is 4.57 Å². The molecule has 4 rings (SSSR count). The third-order valence-corrected chi connectivity index (χ3v) is 4.43. The number of carbonyl (C=O) groups excluding carboxylic acids is 2. The summed E-state index contributed by atoms with van der Waals surface area (Å²) in [5.74, 6) is 0.289. The molecule has 0 bridgehead atoms. The Kier molecular flexibility index (Phi) is 3.31. The van der Waals surface area contributed by atoms with Crippen molar-refractivity contribution in [3.8, 4) is 17.0 Å². The van der Waals surface area contributed by atoms with Crippen molar-refractivity contribution in [3.63, 3.8) is 0 Å². The first-order valence-electron chi connectivity index (χ1n) is 7.19. The van der Waals surface area contributed by atoms with Crippen LogP contribution in [-0.2, 0) is 0 Å². The first-order valence-corrected chi connectivity index (χ1v) is 7.98. The summed E-state index contributed by atoms with van der Waals surface area (Å²) in [6.07, 6.45) is 0. The van der Waals surface area contributed by atoms with Gasteiger partial charge in [-0.15, -0.1) is 4.57 Å². The second-order valence-electron chi connectivity index (χ2n) is 5.33. The van der Waals surface area contributed by atoms with Crippen molar-refractivity contribution in [2.45, 2.75) is 0 Å². The molecule has 2 heterocycles. The average Bonchev–Trinajstić information content (AvgIpc) is 2.89.